The van der Waals surface area contributed by atoms with E-state index in [2.05, 4.69) is 0 Å². The van der Waals surface area contributed by atoms with E-state index in [1.54, 1.807) is 18.2 Å². The zero-order valence-electron chi connectivity index (χ0n) is 11.7. The number of alkyl halides is 1. The summed E-state index contributed by atoms with van der Waals surface area (Å²) in [4.78, 5) is 0.334. The second-order valence-electron chi connectivity index (χ2n) is 5.15. The molecule has 3 rings (SSSR count). The third-order valence-corrected chi connectivity index (χ3v) is 6.21. The molecule has 0 saturated heterocycles. The molecule has 6 heteroatoms. The van der Waals surface area contributed by atoms with Gasteiger partial charge in [-0.15, -0.1) is 11.6 Å². The van der Waals surface area contributed by atoms with Crippen LogP contribution in [0.3, 0.4) is 0 Å². The monoisotopic (exact) mass is 355 g/mol. The maximum atomic E-state index is 12.8. The van der Waals surface area contributed by atoms with Crippen molar-refractivity contribution >= 4 is 33.2 Å². The maximum absolute atomic E-state index is 12.8. The van der Waals surface area contributed by atoms with Crippen LogP contribution in [0, 0.1) is 0 Å². The van der Waals surface area contributed by atoms with Crippen LogP contribution >= 0.6 is 23.2 Å². The van der Waals surface area contributed by atoms with E-state index in [4.69, 9.17) is 23.2 Å². The number of halogens is 2. The van der Waals surface area contributed by atoms with Gasteiger partial charge in [-0.25, -0.2) is 8.42 Å². The summed E-state index contributed by atoms with van der Waals surface area (Å²) < 4.78 is 27.2. The highest BCUT2D eigenvalue weighted by Gasteiger charge is 2.42. The molecule has 22 heavy (non-hydrogen) atoms. The Kier molecular flexibility index (Phi) is 4.46. The Labute approximate surface area is 140 Å². The molecule has 1 aliphatic heterocycles. The molecule has 1 atom stereocenters. The van der Waals surface area contributed by atoms with Gasteiger partial charge in [0, 0.05) is 17.4 Å². The summed E-state index contributed by atoms with van der Waals surface area (Å²) >= 11 is 11.8. The molecular formula is C16H15Cl2NO2S. The third kappa shape index (κ3) is 2.65. The van der Waals surface area contributed by atoms with Crippen molar-refractivity contribution in [2.75, 3.05) is 12.4 Å². The summed E-state index contributed by atoms with van der Waals surface area (Å²) in [6.07, 6.45) is 0.603. The lowest BCUT2D eigenvalue weighted by Gasteiger charge is -2.23. The lowest BCUT2D eigenvalue weighted by atomic mass is 9.98. The third-order valence-electron chi connectivity index (χ3n) is 3.77. The van der Waals surface area contributed by atoms with Crippen molar-refractivity contribution in [3.63, 3.8) is 0 Å². The Bertz CT molecular complexity index is 778. The van der Waals surface area contributed by atoms with Crippen LogP contribution in [0.2, 0.25) is 5.02 Å². The first-order valence-corrected chi connectivity index (χ1v) is 9.33. The SMILES string of the molecule is O=S1(=O)c2ccc(Cl)cc2C(c2ccccc2)N1CCCCl. The number of rotatable bonds is 4. The van der Waals surface area contributed by atoms with Crippen molar-refractivity contribution in [3.05, 3.63) is 64.7 Å². The molecule has 0 saturated carbocycles. The lowest BCUT2D eigenvalue weighted by molar-refractivity contribution is 0.378. The molecule has 1 aliphatic rings. The van der Waals surface area contributed by atoms with E-state index >= 15 is 0 Å². The van der Waals surface area contributed by atoms with E-state index in [0.717, 1.165) is 11.1 Å². The Morgan fingerprint density at radius 2 is 1.82 bits per heavy atom. The summed E-state index contributed by atoms with van der Waals surface area (Å²) in [6.45, 7) is 0.387. The Morgan fingerprint density at radius 3 is 2.50 bits per heavy atom. The molecule has 2 aromatic rings. The van der Waals surface area contributed by atoms with Gasteiger partial charge in [-0.1, -0.05) is 41.9 Å². The first-order valence-electron chi connectivity index (χ1n) is 6.98. The number of benzene rings is 2. The highest BCUT2D eigenvalue weighted by Crippen LogP contribution is 2.44. The molecule has 2 aromatic carbocycles. The molecule has 116 valence electrons. The van der Waals surface area contributed by atoms with Crippen LogP contribution in [0.5, 0.6) is 0 Å². The van der Waals surface area contributed by atoms with Crippen molar-refractivity contribution in [2.45, 2.75) is 17.4 Å². The van der Waals surface area contributed by atoms with Crippen LogP contribution in [-0.4, -0.2) is 25.1 Å². The van der Waals surface area contributed by atoms with Crippen LogP contribution in [-0.2, 0) is 10.0 Å². The predicted molar refractivity (Wildman–Crippen MR) is 89.0 cm³/mol. The molecule has 1 unspecified atom stereocenters. The minimum absolute atomic E-state index is 0.334. The van der Waals surface area contributed by atoms with E-state index in [0.29, 0.717) is 28.8 Å². The normalized spacial score (nSPS) is 20.0. The van der Waals surface area contributed by atoms with Gasteiger partial charge in [0.15, 0.2) is 0 Å². The van der Waals surface area contributed by atoms with Gasteiger partial charge in [-0.05, 0) is 35.7 Å². The first kappa shape index (κ1) is 15.8. The van der Waals surface area contributed by atoms with E-state index in [9.17, 15) is 8.42 Å². The molecular weight excluding hydrogens is 341 g/mol. The van der Waals surface area contributed by atoms with Gasteiger partial charge in [0.05, 0.1) is 10.9 Å². The molecule has 3 nitrogen and oxygen atoms in total. The highest BCUT2D eigenvalue weighted by atomic mass is 35.5. The van der Waals surface area contributed by atoms with Crippen molar-refractivity contribution in [1.29, 1.82) is 0 Å². The second kappa shape index (κ2) is 6.20. The largest absolute Gasteiger partial charge is 0.244 e. The predicted octanol–water partition coefficient (Wildman–Crippen LogP) is 4.06. The van der Waals surface area contributed by atoms with Crippen LogP contribution in [0.15, 0.2) is 53.4 Å². The maximum Gasteiger partial charge on any atom is 0.244 e. The van der Waals surface area contributed by atoms with Crippen LogP contribution in [0.25, 0.3) is 0 Å². The van der Waals surface area contributed by atoms with E-state index < -0.39 is 10.0 Å². The summed E-state index contributed by atoms with van der Waals surface area (Å²) in [5.41, 5.74) is 1.66. The summed E-state index contributed by atoms with van der Waals surface area (Å²) in [6, 6.07) is 14.2. The van der Waals surface area contributed by atoms with Gasteiger partial charge < -0.3 is 0 Å². The van der Waals surface area contributed by atoms with Gasteiger partial charge in [0.1, 0.15) is 0 Å². The minimum Gasteiger partial charge on any atom is -0.207 e. The van der Waals surface area contributed by atoms with Gasteiger partial charge in [0.25, 0.3) is 0 Å². The smallest absolute Gasteiger partial charge is 0.207 e. The fraction of sp³-hybridized carbons (Fsp3) is 0.250. The van der Waals surface area contributed by atoms with Crippen molar-refractivity contribution < 1.29 is 8.42 Å². The molecule has 0 aliphatic carbocycles. The molecule has 0 N–H and O–H groups in total. The Morgan fingerprint density at radius 1 is 1.09 bits per heavy atom. The van der Waals surface area contributed by atoms with Gasteiger partial charge in [-0.2, -0.15) is 4.31 Å². The molecule has 0 fully saturated rings. The summed E-state index contributed by atoms with van der Waals surface area (Å²) in [7, 11) is -3.52. The topological polar surface area (TPSA) is 37.4 Å². The molecule has 0 amide bonds. The summed E-state index contributed by atoms with van der Waals surface area (Å²) in [5, 5.41) is 0.536. The molecule has 0 bridgehead atoms. The van der Waals surface area contributed by atoms with E-state index in [1.165, 1.54) is 4.31 Å². The fourth-order valence-electron chi connectivity index (χ4n) is 2.83. The van der Waals surface area contributed by atoms with Gasteiger partial charge in [-0.3, -0.25) is 0 Å². The van der Waals surface area contributed by atoms with Crippen LogP contribution in [0.4, 0.5) is 0 Å². The highest BCUT2D eigenvalue weighted by molar-refractivity contribution is 7.89. The fourth-order valence-corrected chi connectivity index (χ4v) is 4.98. The zero-order valence-corrected chi connectivity index (χ0v) is 14.1. The van der Waals surface area contributed by atoms with E-state index in [-0.39, 0.29) is 6.04 Å². The van der Waals surface area contributed by atoms with Crippen LogP contribution < -0.4 is 0 Å². The molecule has 0 aromatic heterocycles. The number of sulfonamides is 1. The number of nitrogens with zero attached hydrogens (tertiary/aromatic N) is 1. The number of hydrogen-bond acceptors (Lipinski definition) is 2. The minimum atomic E-state index is -3.52. The number of hydrogen-bond donors (Lipinski definition) is 0. The lowest BCUT2D eigenvalue weighted by Crippen LogP contribution is -2.30. The molecule has 0 spiro atoms. The first-order chi connectivity index (χ1) is 10.6. The van der Waals surface area contributed by atoms with Crippen molar-refractivity contribution in [3.8, 4) is 0 Å². The van der Waals surface area contributed by atoms with Gasteiger partial charge >= 0.3 is 0 Å². The molecule has 0 radical (unpaired) electrons. The average Bonchev–Trinajstić information content (AvgIpc) is 2.72. The standard InChI is InChI=1S/C16H15Cl2NO2S/c17-9-4-10-19-16(12-5-2-1-3-6-12)14-11-13(18)7-8-15(14)22(19,20)21/h1-3,5-8,11,16H,4,9-10H2. The number of fused-ring (bicyclic) bond motifs is 1. The Hall–Kier alpha value is -1.07. The second-order valence-corrected chi connectivity index (χ2v) is 7.83. The van der Waals surface area contributed by atoms with Crippen molar-refractivity contribution in [2.24, 2.45) is 0 Å². The zero-order chi connectivity index (χ0) is 15.7. The van der Waals surface area contributed by atoms with Crippen molar-refractivity contribution in [1.82, 2.24) is 4.31 Å². The quantitative estimate of drug-likeness (QED) is 0.775. The summed E-state index contributed by atoms with van der Waals surface area (Å²) in [5.74, 6) is 0.421. The average molecular weight is 356 g/mol. The molecule has 1 heterocycles. The van der Waals surface area contributed by atoms with Crippen LogP contribution in [0.1, 0.15) is 23.6 Å². The van der Waals surface area contributed by atoms with Gasteiger partial charge in [0.2, 0.25) is 10.0 Å². The van der Waals surface area contributed by atoms with E-state index in [1.807, 2.05) is 30.3 Å². The Balaban J connectivity index is 2.17.